The molecule has 0 saturated carbocycles. The normalized spacial score (nSPS) is 13.5. The molecule has 0 bridgehead atoms. The molecule has 0 radical (unpaired) electrons. The van der Waals surface area contributed by atoms with E-state index in [4.69, 9.17) is 17.3 Å². The highest BCUT2D eigenvalue weighted by molar-refractivity contribution is 6.31. The summed E-state index contributed by atoms with van der Waals surface area (Å²) < 4.78 is 0. The molecular weight excluding hydrogens is 368 g/mol. The standard InChI is InChI=1S/C19H19ClN4O3/c20-13-5-8-15(16(10-13)24-9-1-2-17(24)25)18(26)22-11-12-3-6-14(7-4-12)23-19(21)27/h3-8,10H,1-2,9,11H2,(H,22,26)(H3,21,23,27). The van der Waals surface area contributed by atoms with Gasteiger partial charge in [-0.25, -0.2) is 4.79 Å². The summed E-state index contributed by atoms with van der Waals surface area (Å²) in [6.07, 6.45) is 1.23. The fraction of sp³-hybridized carbons (Fsp3) is 0.211. The number of nitrogens with two attached hydrogens (primary N) is 1. The van der Waals surface area contributed by atoms with E-state index >= 15 is 0 Å². The van der Waals surface area contributed by atoms with Gasteiger partial charge in [-0.2, -0.15) is 0 Å². The number of rotatable bonds is 5. The smallest absolute Gasteiger partial charge is 0.316 e. The minimum atomic E-state index is -0.636. The first-order valence-electron chi connectivity index (χ1n) is 8.47. The number of primary amides is 1. The molecule has 7 nitrogen and oxygen atoms in total. The molecule has 0 aliphatic carbocycles. The molecule has 0 aromatic heterocycles. The van der Waals surface area contributed by atoms with Crippen molar-refractivity contribution in [3.8, 4) is 0 Å². The van der Waals surface area contributed by atoms with Crippen molar-refractivity contribution in [1.29, 1.82) is 0 Å². The van der Waals surface area contributed by atoms with E-state index in [0.29, 0.717) is 41.5 Å². The number of hydrogen-bond acceptors (Lipinski definition) is 3. The van der Waals surface area contributed by atoms with E-state index in [0.717, 1.165) is 12.0 Å². The quantitative estimate of drug-likeness (QED) is 0.735. The number of benzene rings is 2. The highest BCUT2D eigenvalue weighted by atomic mass is 35.5. The zero-order valence-electron chi connectivity index (χ0n) is 14.5. The van der Waals surface area contributed by atoms with Crippen LogP contribution in [-0.4, -0.2) is 24.4 Å². The Morgan fingerprint density at radius 2 is 1.89 bits per heavy atom. The zero-order chi connectivity index (χ0) is 19.4. The number of nitrogens with zero attached hydrogens (tertiary/aromatic N) is 1. The lowest BCUT2D eigenvalue weighted by Gasteiger charge is -2.19. The Bertz CT molecular complexity index is 883. The number of nitrogens with one attached hydrogen (secondary N) is 2. The van der Waals surface area contributed by atoms with Crippen molar-refractivity contribution >= 4 is 40.8 Å². The first kappa shape index (κ1) is 18.7. The summed E-state index contributed by atoms with van der Waals surface area (Å²) in [7, 11) is 0. The number of amides is 4. The molecule has 1 heterocycles. The van der Waals surface area contributed by atoms with Crippen LogP contribution in [-0.2, 0) is 11.3 Å². The van der Waals surface area contributed by atoms with Gasteiger partial charge in [0.15, 0.2) is 0 Å². The maximum absolute atomic E-state index is 12.7. The molecule has 1 aliphatic rings. The third-order valence-electron chi connectivity index (χ3n) is 4.24. The maximum Gasteiger partial charge on any atom is 0.316 e. The van der Waals surface area contributed by atoms with Crippen molar-refractivity contribution in [3.63, 3.8) is 0 Å². The Kier molecular flexibility index (Phi) is 5.61. The van der Waals surface area contributed by atoms with Gasteiger partial charge < -0.3 is 21.3 Å². The van der Waals surface area contributed by atoms with Crippen LogP contribution in [0.4, 0.5) is 16.2 Å². The van der Waals surface area contributed by atoms with Gasteiger partial charge in [0.05, 0.1) is 11.3 Å². The molecule has 27 heavy (non-hydrogen) atoms. The van der Waals surface area contributed by atoms with Crippen LogP contribution in [0.2, 0.25) is 5.02 Å². The largest absolute Gasteiger partial charge is 0.351 e. The Labute approximate surface area is 161 Å². The van der Waals surface area contributed by atoms with Crippen molar-refractivity contribution in [3.05, 3.63) is 58.6 Å². The zero-order valence-corrected chi connectivity index (χ0v) is 15.3. The van der Waals surface area contributed by atoms with E-state index in [2.05, 4.69) is 10.6 Å². The van der Waals surface area contributed by atoms with E-state index in [-0.39, 0.29) is 11.8 Å². The highest BCUT2D eigenvalue weighted by Crippen LogP contribution is 2.28. The van der Waals surface area contributed by atoms with E-state index in [1.807, 2.05) is 0 Å². The van der Waals surface area contributed by atoms with E-state index in [9.17, 15) is 14.4 Å². The van der Waals surface area contributed by atoms with Crippen LogP contribution >= 0.6 is 11.6 Å². The lowest BCUT2D eigenvalue weighted by Crippen LogP contribution is -2.29. The fourth-order valence-electron chi connectivity index (χ4n) is 2.95. The summed E-state index contributed by atoms with van der Waals surface area (Å²) in [4.78, 5) is 37.2. The van der Waals surface area contributed by atoms with E-state index in [1.165, 1.54) is 0 Å². The van der Waals surface area contributed by atoms with Crippen molar-refractivity contribution < 1.29 is 14.4 Å². The van der Waals surface area contributed by atoms with Gasteiger partial charge >= 0.3 is 6.03 Å². The fourth-order valence-corrected chi connectivity index (χ4v) is 3.12. The Hall–Kier alpha value is -3.06. The molecular formula is C19H19ClN4O3. The molecule has 140 valence electrons. The number of anilines is 2. The van der Waals surface area contributed by atoms with Crippen LogP contribution in [0.3, 0.4) is 0 Å². The van der Waals surface area contributed by atoms with E-state index in [1.54, 1.807) is 47.4 Å². The van der Waals surface area contributed by atoms with Crippen LogP contribution in [0.15, 0.2) is 42.5 Å². The molecule has 0 spiro atoms. The lowest BCUT2D eigenvalue weighted by atomic mass is 10.1. The van der Waals surface area contributed by atoms with Crippen molar-refractivity contribution in [2.45, 2.75) is 19.4 Å². The van der Waals surface area contributed by atoms with Crippen LogP contribution < -0.4 is 21.3 Å². The summed E-state index contributed by atoms with van der Waals surface area (Å²) in [5.41, 5.74) is 7.43. The van der Waals surface area contributed by atoms with Gasteiger partial charge in [0.2, 0.25) is 5.91 Å². The van der Waals surface area contributed by atoms with Crippen molar-refractivity contribution in [2.75, 3.05) is 16.8 Å². The number of carbonyl (C=O) groups excluding carboxylic acids is 3. The lowest BCUT2D eigenvalue weighted by molar-refractivity contribution is -0.117. The van der Waals surface area contributed by atoms with Crippen LogP contribution in [0.5, 0.6) is 0 Å². The molecule has 1 fully saturated rings. The predicted octanol–water partition coefficient (Wildman–Crippen LogP) is 2.89. The second-order valence-electron chi connectivity index (χ2n) is 6.18. The average molecular weight is 387 g/mol. The van der Waals surface area contributed by atoms with Gasteiger partial charge in [-0.3, -0.25) is 9.59 Å². The second kappa shape index (κ2) is 8.09. The minimum absolute atomic E-state index is 0.0103. The third-order valence-corrected chi connectivity index (χ3v) is 4.48. The van der Waals surface area contributed by atoms with E-state index < -0.39 is 6.03 Å². The van der Waals surface area contributed by atoms with Gasteiger partial charge in [-0.15, -0.1) is 0 Å². The molecule has 4 N–H and O–H groups in total. The molecule has 0 atom stereocenters. The Balaban J connectivity index is 1.71. The summed E-state index contributed by atoms with van der Waals surface area (Å²) in [6, 6.07) is 11.2. The van der Waals surface area contributed by atoms with Crippen LogP contribution in [0, 0.1) is 0 Å². The van der Waals surface area contributed by atoms with Crippen molar-refractivity contribution in [1.82, 2.24) is 5.32 Å². The first-order valence-corrected chi connectivity index (χ1v) is 8.85. The monoisotopic (exact) mass is 386 g/mol. The van der Waals surface area contributed by atoms with Gasteiger partial charge in [-0.05, 0) is 42.3 Å². The number of hydrogen-bond donors (Lipinski definition) is 3. The molecule has 1 saturated heterocycles. The number of urea groups is 1. The summed E-state index contributed by atoms with van der Waals surface area (Å²) in [5, 5.41) is 5.79. The molecule has 3 rings (SSSR count). The van der Waals surface area contributed by atoms with Crippen LogP contribution in [0.25, 0.3) is 0 Å². The maximum atomic E-state index is 12.7. The SMILES string of the molecule is NC(=O)Nc1ccc(CNC(=O)c2ccc(Cl)cc2N2CCCC2=O)cc1. The highest BCUT2D eigenvalue weighted by Gasteiger charge is 2.26. The number of carbonyl (C=O) groups is 3. The Morgan fingerprint density at radius 3 is 2.52 bits per heavy atom. The van der Waals surface area contributed by atoms with Gasteiger partial charge in [0, 0.05) is 30.2 Å². The molecule has 4 amide bonds. The minimum Gasteiger partial charge on any atom is -0.351 e. The molecule has 2 aromatic rings. The van der Waals surface area contributed by atoms with Gasteiger partial charge in [0.1, 0.15) is 0 Å². The molecule has 1 aliphatic heterocycles. The van der Waals surface area contributed by atoms with Gasteiger partial charge in [0.25, 0.3) is 5.91 Å². The van der Waals surface area contributed by atoms with Crippen LogP contribution in [0.1, 0.15) is 28.8 Å². The summed E-state index contributed by atoms with van der Waals surface area (Å²) in [5.74, 6) is -0.301. The van der Waals surface area contributed by atoms with Gasteiger partial charge in [-0.1, -0.05) is 23.7 Å². The topological polar surface area (TPSA) is 105 Å². The summed E-state index contributed by atoms with van der Waals surface area (Å²) in [6.45, 7) is 0.874. The molecule has 2 aromatic carbocycles. The first-order chi connectivity index (χ1) is 12.9. The summed E-state index contributed by atoms with van der Waals surface area (Å²) >= 11 is 6.06. The number of halogens is 1. The molecule has 8 heteroatoms. The second-order valence-corrected chi connectivity index (χ2v) is 6.62. The third kappa shape index (κ3) is 4.57. The molecule has 0 unspecified atom stereocenters. The predicted molar refractivity (Wildman–Crippen MR) is 104 cm³/mol. The van der Waals surface area contributed by atoms with Crippen molar-refractivity contribution in [2.24, 2.45) is 5.73 Å². The Morgan fingerprint density at radius 1 is 1.15 bits per heavy atom. The average Bonchev–Trinajstić information content (AvgIpc) is 3.06.